The number of ether oxygens (including phenoxy) is 1. The number of hydrogen-bond donors (Lipinski definition) is 0. The van der Waals surface area contributed by atoms with E-state index in [0.717, 1.165) is 11.3 Å². The van der Waals surface area contributed by atoms with Crippen LogP contribution in [-0.2, 0) is 0 Å². The second-order valence-electron chi connectivity index (χ2n) is 2.02. The van der Waals surface area contributed by atoms with E-state index in [1.165, 1.54) is 0 Å². The molecule has 1 aromatic rings. The molecule has 0 aliphatic carbocycles. The van der Waals surface area contributed by atoms with Gasteiger partial charge in [-0.25, -0.2) is 0 Å². The molecule has 0 spiro atoms. The van der Waals surface area contributed by atoms with Gasteiger partial charge in [-0.2, -0.15) is 0 Å². The van der Waals surface area contributed by atoms with Crippen molar-refractivity contribution in [2.45, 2.75) is 6.92 Å². The molecule has 54 valence electrons. The molecule has 1 aromatic carbocycles. The fourth-order valence-corrected chi connectivity index (χ4v) is 0.895. The van der Waals surface area contributed by atoms with Crippen molar-refractivity contribution >= 4 is 11.6 Å². The number of halogens is 1. The minimum Gasteiger partial charge on any atom is -0.478 e. The van der Waals surface area contributed by atoms with Crippen molar-refractivity contribution in [3.05, 3.63) is 29.8 Å². The van der Waals surface area contributed by atoms with Gasteiger partial charge >= 0.3 is 0 Å². The number of hydrogen-bond acceptors (Lipinski definition) is 1. The fraction of sp³-hybridized carbons (Fsp3) is 0.250. The van der Waals surface area contributed by atoms with E-state index in [1.54, 1.807) is 0 Å². The molecule has 0 saturated heterocycles. The third-order valence-electron chi connectivity index (χ3n) is 1.30. The molecule has 0 unspecified atom stereocenters. The van der Waals surface area contributed by atoms with Crippen LogP contribution in [0.4, 0.5) is 0 Å². The van der Waals surface area contributed by atoms with Crippen LogP contribution in [0.2, 0.25) is 0 Å². The highest BCUT2D eigenvalue weighted by Crippen LogP contribution is 2.15. The molecule has 0 N–H and O–H groups in total. The van der Waals surface area contributed by atoms with Crippen LogP contribution in [0, 0.1) is 6.92 Å². The van der Waals surface area contributed by atoms with Gasteiger partial charge in [0.15, 0.2) is 6.07 Å². The standard InChI is InChI=1S/C8H9ClO/c1-7-4-2-3-5-8(7)10-6-9/h2-5H,6H2,1H3. The first-order valence-corrected chi connectivity index (χ1v) is 3.62. The maximum atomic E-state index is 5.39. The number of alkyl halides is 1. The van der Waals surface area contributed by atoms with E-state index in [-0.39, 0.29) is 6.07 Å². The molecule has 0 aliphatic rings. The number of rotatable bonds is 2. The summed E-state index contributed by atoms with van der Waals surface area (Å²) in [5, 5.41) is 0. The Kier molecular flexibility index (Phi) is 2.57. The average molecular weight is 157 g/mol. The van der Waals surface area contributed by atoms with E-state index < -0.39 is 0 Å². The Labute approximate surface area is 65.6 Å². The van der Waals surface area contributed by atoms with Gasteiger partial charge in [-0.3, -0.25) is 0 Å². The zero-order valence-corrected chi connectivity index (χ0v) is 6.56. The molecule has 0 heterocycles. The molecule has 0 aliphatic heterocycles. The summed E-state index contributed by atoms with van der Waals surface area (Å²) in [6, 6.07) is 8.00. The Bertz CT molecular complexity index is 210. The summed E-state index contributed by atoms with van der Waals surface area (Å²) in [6.45, 7) is 1.99. The Morgan fingerprint density at radius 3 is 2.70 bits per heavy atom. The van der Waals surface area contributed by atoms with Crippen molar-refractivity contribution in [2.24, 2.45) is 0 Å². The number of benzene rings is 1. The lowest BCUT2D eigenvalue weighted by Gasteiger charge is -2.03. The van der Waals surface area contributed by atoms with Crippen LogP contribution in [0.15, 0.2) is 24.3 Å². The molecule has 0 radical (unpaired) electrons. The summed E-state index contributed by atoms with van der Waals surface area (Å²) in [5.41, 5.74) is 1.11. The zero-order valence-electron chi connectivity index (χ0n) is 5.80. The van der Waals surface area contributed by atoms with Crippen molar-refractivity contribution in [3.8, 4) is 5.75 Å². The van der Waals surface area contributed by atoms with Crippen LogP contribution in [-0.4, -0.2) is 6.07 Å². The monoisotopic (exact) mass is 156 g/mol. The summed E-state index contributed by atoms with van der Waals surface area (Å²) < 4.78 is 5.10. The van der Waals surface area contributed by atoms with E-state index in [2.05, 4.69) is 0 Å². The molecule has 0 aromatic heterocycles. The zero-order chi connectivity index (χ0) is 7.40. The summed E-state index contributed by atoms with van der Waals surface area (Å²) >= 11 is 5.39. The van der Waals surface area contributed by atoms with Crippen molar-refractivity contribution in [1.29, 1.82) is 0 Å². The molecule has 2 heteroatoms. The first-order chi connectivity index (χ1) is 4.84. The summed E-state index contributed by atoms with van der Waals surface area (Å²) in [5.74, 6) is 0.859. The SMILES string of the molecule is Cc1ccccc1OCCl. The number of aryl methyl sites for hydroxylation is 1. The smallest absolute Gasteiger partial charge is 0.162 e. The van der Waals surface area contributed by atoms with Crippen LogP contribution in [0.25, 0.3) is 0 Å². The van der Waals surface area contributed by atoms with E-state index >= 15 is 0 Å². The third kappa shape index (κ3) is 1.64. The van der Waals surface area contributed by atoms with E-state index in [4.69, 9.17) is 16.3 Å². The van der Waals surface area contributed by atoms with Crippen molar-refractivity contribution < 1.29 is 4.74 Å². The highest BCUT2D eigenvalue weighted by molar-refractivity contribution is 6.17. The molecular weight excluding hydrogens is 148 g/mol. The lowest BCUT2D eigenvalue weighted by Crippen LogP contribution is -1.90. The lowest BCUT2D eigenvalue weighted by molar-refractivity contribution is 0.385. The maximum Gasteiger partial charge on any atom is 0.162 e. The van der Waals surface area contributed by atoms with E-state index in [1.807, 2.05) is 31.2 Å². The molecule has 0 saturated carbocycles. The molecule has 0 bridgehead atoms. The molecular formula is C8H9ClO. The Hall–Kier alpha value is -0.690. The quantitative estimate of drug-likeness (QED) is 0.598. The molecule has 10 heavy (non-hydrogen) atoms. The predicted octanol–water partition coefficient (Wildman–Crippen LogP) is 2.57. The normalized spacial score (nSPS) is 9.40. The van der Waals surface area contributed by atoms with Crippen LogP contribution in [0.3, 0.4) is 0 Å². The topological polar surface area (TPSA) is 9.23 Å². The molecule has 0 fully saturated rings. The van der Waals surface area contributed by atoms with Crippen molar-refractivity contribution in [3.63, 3.8) is 0 Å². The highest BCUT2D eigenvalue weighted by Gasteiger charge is 1.93. The van der Waals surface area contributed by atoms with Gasteiger partial charge in [-0.05, 0) is 18.6 Å². The van der Waals surface area contributed by atoms with Gasteiger partial charge in [0, 0.05) is 0 Å². The van der Waals surface area contributed by atoms with Crippen LogP contribution in [0.1, 0.15) is 5.56 Å². The fourth-order valence-electron chi connectivity index (χ4n) is 0.777. The predicted molar refractivity (Wildman–Crippen MR) is 42.5 cm³/mol. The highest BCUT2D eigenvalue weighted by atomic mass is 35.5. The molecule has 1 nitrogen and oxygen atoms in total. The number of para-hydroxylation sites is 1. The summed E-state index contributed by atoms with van der Waals surface area (Å²) in [6.07, 6.45) is 0. The first-order valence-electron chi connectivity index (χ1n) is 3.09. The van der Waals surface area contributed by atoms with Crippen LogP contribution in [0.5, 0.6) is 5.75 Å². The first kappa shape index (κ1) is 7.42. The lowest BCUT2D eigenvalue weighted by atomic mass is 10.2. The van der Waals surface area contributed by atoms with Gasteiger partial charge in [0.05, 0.1) is 0 Å². The second kappa shape index (κ2) is 3.47. The van der Waals surface area contributed by atoms with Gasteiger partial charge in [-0.1, -0.05) is 29.8 Å². The molecule has 0 atom stereocenters. The minimum atomic E-state index is 0.213. The Balaban J connectivity index is 2.81. The summed E-state index contributed by atoms with van der Waals surface area (Å²) in [4.78, 5) is 0. The van der Waals surface area contributed by atoms with Gasteiger partial charge in [-0.15, -0.1) is 0 Å². The van der Waals surface area contributed by atoms with Gasteiger partial charge in [0.25, 0.3) is 0 Å². The van der Waals surface area contributed by atoms with Crippen molar-refractivity contribution in [1.82, 2.24) is 0 Å². The van der Waals surface area contributed by atoms with Gasteiger partial charge in [0.1, 0.15) is 5.75 Å². The largest absolute Gasteiger partial charge is 0.478 e. The molecule has 1 rings (SSSR count). The average Bonchev–Trinajstić information content (AvgIpc) is 1.94. The summed E-state index contributed by atoms with van der Waals surface area (Å²) in [7, 11) is 0. The van der Waals surface area contributed by atoms with Crippen molar-refractivity contribution in [2.75, 3.05) is 6.07 Å². The molecule has 0 amide bonds. The minimum absolute atomic E-state index is 0.213. The third-order valence-corrected chi connectivity index (χ3v) is 1.41. The van der Waals surface area contributed by atoms with Crippen LogP contribution >= 0.6 is 11.6 Å². The van der Waals surface area contributed by atoms with Gasteiger partial charge < -0.3 is 4.74 Å². The van der Waals surface area contributed by atoms with Crippen LogP contribution < -0.4 is 4.74 Å². The van der Waals surface area contributed by atoms with E-state index in [0.29, 0.717) is 0 Å². The maximum absolute atomic E-state index is 5.39. The second-order valence-corrected chi connectivity index (χ2v) is 2.24. The van der Waals surface area contributed by atoms with Gasteiger partial charge in [0.2, 0.25) is 0 Å². The Morgan fingerprint density at radius 2 is 2.10 bits per heavy atom. The Morgan fingerprint density at radius 1 is 1.40 bits per heavy atom. The van der Waals surface area contributed by atoms with E-state index in [9.17, 15) is 0 Å².